The van der Waals surface area contributed by atoms with Crippen LogP contribution in [0.2, 0.25) is 0 Å². The number of benzene rings is 1. The Morgan fingerprint density at radius 2 is 1.15 bits per heavy atom. The molecule has 0 saturated carbocycles. The van der Waals surface area contributed by atoms with Crippen molar-refractivity contribution < 1.29 is 10.2 Å². The highest BCUT2D eigenvalue weighted by Gasteiger charge is 2.14. The van der Waals surface area contributed by atoms with Crippen LogP contribution in [0.1, 0.15) is 76.7 Å². The molecule has 1 aromatic carbocycles. The molecule has 0 spiro atoms. The predicted octanol–water partition coefficient (Wildman–Crippen LogP) is 4.61. The minimum Gasteiger partial charge on any atom is -0.395 e. The van der Waals surface area contributed by atoms with E-state index in [0.29, 0.717) is 13.1 Å². The van der Waals surface area contributed by atoms with Gasteiger partial charge in [0.25, 0.3) is 0 Å². The van der Waals surface area contributed by atoms with Gasteiger partial charge in [-0.05, 0) is 12.0 Å². The number of nitrogens with zero attached hydrogens (tertiary/aromatic N) is 2. The smallest absolute Gasteiger partial charge is 0.0572 e. The Labute approximate surface area is 167 Å². The molecule has 0 fully saturated rings. The topological polar surface area (TPSA) is 46.9 Å². The van der Waals surface area contributed by atoms with Crippen LogP contribution in [0.5, 0.6) is 0 Å². The van der Waals surface area contributed by atoms with Crippen molar-refractivity contribution in [2.75, 3.05) is 32.8 Å². The summed E-state index contributed by atoms with van der Waals surface area (Å²) in [6.45, 7) is 5.45. The van der Waals surface area contributed by atoms with Crippen molar-refractivity contribution in [1.29, 1.82) is 0 Å². The molecule has 0 atom stereocenters. The Morgan fingerprint density at radius 3 is 1.67 bits per heavy atom. The summed E-state index contributed by atoms with van der Waals surface area (Å²) in [4.78, 5) is 0. The Balaban J connectivity index is 2.31. The Morgan fingerprint density at radius 1 is 0.630 bits per heavy atom. The van der Waals surface area contributed by atoms with Crippen molar-refractivity contribution in [3.05, 3.63) is 35.9 Å². The molecule has 0 radical (unpaired) electrons. The van der Waals surface area contributed by atoms with Gasteiger partial charge < -0.3 is 10.2 Å². The normalized spacial score (nSPS) is 11.6. The highest BCUT2D eigenvalue weighted by Crippen LogP contribution is 2.13. The van der Waals surface area contributed by atoms with Crippen LogP contribution >= 0.6 is 0 Å². The maximum Gasteiger partial charge on any atom is 0.0572 e. The summed E-state index contributed by atoms with van der Waals surface area (Å²) in [5, 5.41) is 23.1. The van der Waals surface area contributed by atoms with Crippen molar-refractivity contribution >= 4 is 0 Å². The predicted molar refractivity (Wildman–Crippen MR) is 114 cm³/mol. The van der Waals surface area contributed by atoms with E-state index in [1.54, 1.807) is 0 Å². The van der Waals surface area contributed by atoms with Crippen molar-refractivity contribution in [3.63, 3.8) is 0 Å². The maximum atomic E-state index is 9.37. The van der Waals surface area contributed by atoms with Crippen LogP contribution in [0.25, 0.3) is 0 Å². The van der Waals surface area contributed by atoms with Gasteiger partial charge in [-0.15, -0.1) is 0 Å². The van der Waals surface area contributed by atoms with Gasteiger partial charge in [0.15, 0.2) is 0 Å². The van der Waals surface area contributed by atoms with Crippen LogP contribution in [0.3, 0.4) is 0 Å². The van der Waals surface area contributed by atoms with Crippen LogP contribution < -0.4 is 0 Å². The largest absolute Gasteiger partial charge is 0.395 e. The molecule has 0 saturated heterocycles. The Kier molecular flexibility index (Phi) is 15.3. The van der Waals surface area contributed by atoms with Gasteiger partial charge in [-0.3, -0.25) is 0 Å². The summed E-state index contributed by atoms with van der Waals surface area (Å²) in [6, 6.07) is 10.4. The van der Waals surface area contributed by atoms with E-state index in [-0.39, 0.29) is 13.2 Å². The van der Waals surface area contributed by atoms with Gasteiger partial charge in [0.2, 0.25) is 0 Å². The molecule has 0 aliphatic carbocycles. The second kappa shape index (κ2) is 17.2. The third kappa shape index (κ3) is 12.2. The van der Waals surface area contributed by atoms with Crippen molar-refractivity contribution in [3.8, 4) is 0 Å². The molecule has 27 heavy (non-hydrogen) atoms. The highest BCUT2D eigenvalue weighted by atomic mass is 16.3. The van der Waals surface area contributed by atoms with Crippen molar-refractivity contribution in [1.82, 2.24) is 10.0 Å². The Bertz CT molecular complexity index is 422. The van der Waals surface area contributed by atoms with E-state index in [9.17, 15) is 10.2 Å². The number of hydrogen-bond donors (Lipinski definition) is 2. The van der Waals surface area contributed by atoms with Crippen LogP contribution in [-0.2, 0) is 6.54 Å². The molecule has 0 bridgehead atoms. The van der Waals surface area contributed by atoms with Gasteiger partial charge in [-0.1, -0.05) is 95.0 Å². The van der Waals surface area contributed by atoms with Gasteiger partial charge >= 0.3 is 0 Å². The van der Waals surface area contributed by atoms with Gasteiger partial charge in [0.1, 0.15) is 0 Å². The molecule has 0 aliphatic rings. The van der Waals surface area contributed by atoms with E-state index < -0.39 is 0 Å². The fraction of sp³-hybridized carbons (Fsp3) is 0.739. The lowest BCUT2D eigenvalue weighted by molar-refractivity contribution is -0.0528. The zero-order chi connectivity index (χ0) is 19.6. The fourth-order valence-electron chi connectivity index (χ4n) is 3.52. The lowest BCUT2D eigenvalue weighted by Crippen LogP contribution is -2.45. The average molecular weight is 379 g/mol. The monoisotopic (exact) mass is 378 g/mol. The van der Waals surface area contributed by atoms with Crippen LogP contribution in [0.15, 0.2) is 30.3 Å². The third-order valence-corrected chi connectivity index (χ3v) is 5.09. The first kappa shape index (κ1) is 24.1. The number of hydrazine groups is 1. The molecule has 156 valence electrons. The van der Waals surface area contributed by atoms with Crippen molar-refractivity contribution in [2.45, 2.75) is 77.7 Å². The summed E-state index contributed by atoms with van der Waals surface area (Å²) < 4.78 is 0. The van der Waals surface area contributed by atoms with E-state index >= 15 is 0 Å². The second-order valence-corrected chi connectivity index (χ2v) is 7.46. The standard InChI is InChI=1S/C23H42N2O2/c1-2-3-4-5-6-7-8-9-10-14-17-25(24(18-20-26)19-21-27)22-23-15-12-11-13-16-23/h11-13,15-16,26-27H,2-10,14,17-22H2,1H3. The molecule has 0 aliphatic heterocycles. The van der Waals surface area contributed by atoms with Gasteiger partial charge in [0, 0.05) is 26.2 Å². The summed E-state index contributed by atoms with van der Waals surface area (Å²) in [7, 11) is 0. The molecule has 0 amide bonds. The summed E-state index contributed by atoms with van der Waals surface area (Å²) in [6.07, 6.45) is 13.3. The molecule has 1 aromatic rings. The second-order valence-electron chi connectivity index (χ2n) is 7.46. The molecular weight excluding hydrogens is 336 g/mol. The van der Waals surface area contributed by atoms with E-state index in [0.717, 1.165) is 19.5 Å². The van der Waals surface area contributed by atoms with E-state index in [2.05, 4.69) is 41.2 Å². The van der Waals surface area contributed by atoms with Crippen LogP contribution in [-0.4, -0.2) is 53.1 Å². The van der Waals surface area contributed by atoms with Crippen LogP contribution in [0, 0.1) is 0 Å². The van der Waals surface area contributed by atoms with Gasteiger partial charge in [0.05, 0.1) is 13.2 Å². The third-order valence-electron chi connectivity index (χ3n) is 5.09. The molecule has 0 aromatic heterocycles. The molecular formula is C23H42N2O2. The summed E-state index contributed by atoms with van der Waals surface area (Å²) in [5.41, 5.74) is 1.27. The minimum atomic E-state index is 0.114. The number of hydrogen-bond acceptors (Lipinski definition) is 4. The highest BCUT2D eigenvalue weighted by molar-refractivity contribution is 5.14. The quantitative estimate of drug-likeness (QED) is 0.289. The molecule has 0 unspecified atom stereocenters. The number of unbranched alkanes of at least 4 members (excludes halogenated alkanes) is 9. The molecule has 2 N–H and O–H groups in total. The van der Waals surface area contributed by atoms with E-state index in [1.165, 1.54) is 63.4 Å². The zero-order valence-corrected chi connectivity index (χ0v) is 17.5. The average Bonchev–Trinajstić information content (AvgIpc) is 2.69. The first-order chi connectivity index (χ1) is 13.3. The molecule has 0 heterocycles. The lowest BCUT2D eigenvalue weighted by atomic mass is 10.1. The maximum absolute atomic E-state index is 9.37. The zero-order valence-electron chi connectivity index (χ0n) is 17.5. The van der Waals surface area contributed by atoms with Crippen molar-refractivity contribution in [2.24, 2.45) is 0 Å². The minimum absolute atomic E-state index is 0.114. The van der Waals surface area contributed by atoms with Gasteiger partial charge in [-0.25, -0.2) is 10.0 Å². The van der Waals surface area contributed by atoms with Gasteiger partial charge in [-0.2, -0.15) is 0 Å². The first-order valence-corrected chi connectivity index (χ1v) is 11.1. The van der Waals surface area contributed by atoms with Crippen LogP contribution in [0.4, 0.5) is 0 Å². The first-order valence-electron chi connectivity index (χ1n) is 11.1. The number of rotatable bonds is 18. The molecule has 4 nitrogen and oxygen atoms in total. The number of aliphatic hydroxyl groups excluding tert-OH is 2. The Hall–Kier alpha value is -0.940. The SMILES string of the molecule is CCCCCCCCCCCCN(Cc1ccccc1)N(CCO)CCO. The van der Waals surface area contributed by atoms with E-state index in [4.69, 9.17) is 0 Å². The lowest BCUT2D eigenvalue weighted by Gasteiger charge is -2.34. The summed E-state index contributed by atoms with van der Waals surface area (Å²) >= 11 is 0. The fourth-order valence-corrected chi connectivity index (χ4v) is 3.52. The molecule has 1 rings (SSSR count). The summed E-state index contributed by atoms with van der Waals surface area (Å²) in [5.74, 6) is 0. The molecule has 4 heteroatoms. The van der Waals surface area contributed by atoms with E-state index in [1.807, 2.05) is 6.07 Å². The number of aliphatic hydroxyl groups is 2.